The van der Waals surface area contributed by atoms with Crippen molar-refractivity contribution in [1.29, 1.82) is 0 Å². The van der Waals surface area contributed by atoms with E-state index in [0.29, 0.717) is 5.92 Å². The number of aryl methyl sites for hydroxylation is 1. The van der Waals surface area contributed by atoms with Crippen molar-refractivity contribution in [3.05, 3.63) is 65.2 Å². The molecule has 2 heteroatoms. The third kappa shape index (κ3) is 3.27. The first kappa shape index (κ1) is 14.2. The Bertz CT molecular complexity index is 589. The summed E-state index contributed by atoms with van der Waals surface area (Å²) in [7, 11) is 0. The summed E-state index contributed by atoms with van der Waals surface area (Å²) >= 11 is 0. The lowest BCUT2D eigenvalue weighted by Crippen LogP contribution is -2.16. The lowest BCUT2D eigenvalue weighted by atomic mass is 9.83. The molecule has 21 heavy (non-hydrogen) atoms. The number of nitrogens with two attached hydrogens (primary N) is 1. The van der Waals surface area contributed by atoms with Crippen molar-refractivity contribution in [3.63, 3.8) is 0 Å². The van der Waals surface area contributed by atoms with Gasteiger partial charge in [-0.15, -0.1) is 0 Å². The fraction of sp³-hybridized carbons (Fsp3) is 0.368. The maximum atomic E-state index is 6.00. The maximum absolute atomic E-state index is 6.00. The summed E-state index contributed by atoms with van der Waals surface area (Å²) in [6.45, 7) is 2.75. The highest BCUT2D eigenvalue weighted by Gasteiger charge is 2.20. The van der Waals surface area contributed by atoms with Gasteiger partial charge in [0.2, 0.25) is 0 Å². The van der Waals surface area contributed by atoms with Crippen LogP contribution in [0.25, 0.3) is 0 Å². The summed E-state index contributed by atoms with van der Waals surface area (Å²) < 4.78 is 6.00. The van der Waals surface area contributed by atoms with Crippen molar-refractivity contribution in [1.82, 2.24) is 0 Å². The monoisotopic (exact) mass is 281 g/mol. The predicted molar refractivity (Wildman–Crippen MR) is 86.7 cm³/mol. The molecule has 1 aliphatic carbocycles. The van der Waals surface area contributed by atoms with Crippen LogP contribution >= 0.6 is 0 Å². The van der Waals surface area contributed by atoms with Gasteiger partial charge in [0.05, 0.1) is 6.61 Å². The van der Waals surface area contributed by atoms with Gasteiger partial charge in [0.15, 0.2) is 0 Å². The molecule has 110 valence electrons. The van der Waals surface area contributed by atoms with Gasteiger partial charge >= 0.3 is 0 Å². The van der Waals surface area contributed by atoms with Crippen LogP contribution in [0.15, 0.2) is 48.5 Å². The van der Waals surface area contributed by atoms with Crippen LogP contribution in [0.1, 0.15) is 48.4 Å². The predicted octanol–water partition coefficient (Wildman–Crippen LogP) is 4.21. The molecule has 2 atom stereocenters. The molecule has 0 aliphatic heterocycles. The second kappa shape index (κ2) is 6.31. The van der Waals surface area contributed by atoms with Gasteiger partial charge in [0.1, 0.15) is 5.75 Å². The molecule has 0 radical (unpaired) electrons. The minimum absolute atomic E-state index is 0.0734. The molecule has 2 N–H and O–H groups in total. The highest BCUT2D eigenvalue weighted by Crippen LogP contribution is 2.32. The van der Waals surface area contributed by atoms with Crippen molar-refractivity contribution in [3.8, 4) is 5.75 Å². The standard InChI is InChI=1S/C19H23NO/c1-14(20)15-9-11-18(12-10-15)21-13-17-7-4-6-16-5-2-3-8-19(16)17/h2-3,5,8-12,14,17H,4,6-7,13,20H2,1H3/t14-,17?/m1/s1. The van der Waals surface area contributed by atoms with Gasteiger partial charge in [-0.1, -0.05) is 36.4 Å². The maximum Gasteiger partial charge on any atom is 0.119 e. The summed E-state index contributed by atoms with van der Waals surface area (Å²) in [4.78, 5) is 0. The lowest BCUT2D eigenvalue weighted by molar-refractivity contribution is 0.274. The van der Waals surface area contributed by atoms with E-state index in [4.69, 9.17) is 10.5 Å². The minimum atomic E-state index is 0.0734. The zero-order valence-corrected chi connectivity index (χ0v) is 12.6. The van der Waals surface area contributed by atoms with E-state index in [-0.39, 0.29) is 6.04 Å². The molecule has 2 nitrogen and oxygen atoms in total. The summed E-state index contributed by atoms with van der Waals surface area (Å²) in [5.41, 5.74) is 9.97. The fourth-order valence-corrected chi connectivity index (χ4v) is 3.09. The van der Waals surface area contributed by atoms with Crippen LogP contribution < -0.4 is 10.5 Å². The molecule has 0 bridgehead atoms. The highest BCUT2D eigenvalue weighted by atomic mass is 16.5. The van der Waals surface area contributed by atoms with Gasteiger partial charge < -0.3 is 10.5 Å². The van der Waals surface area contributed by atoms with Crippen LogP contribution in [0.3, 0.4) is 0 Å². The molecule has 0 saturated carbocycles. The first-order chi connectivity index (χ1) is 10.2. The number of rotatable bonds is 4. The van der Waals surface area contributed by atoms with Gasteiger partial charge in [0.25, 0.3) is 0 Å². The van der Waals surface area contributed by atoms with E-state index in [9.17, 15) is 0 Å². The molecule has 0 heterocycles. The van der Waals surface area contributed by atoms with Gasteiger partial charge in [-0.2, -0.15) is 0 Å². The van der Waals surface area contributed by atoms with E-state index < -0.39 is 0 Å². The Morgan fingerprint density at radius 2 is 1.90 bits per heavy atom. The average molecular weight is 281 g/mol. The Hall–Kier alpha value is -1.80. The van der Waals surface area contributed by atoms with E-state index in [1.165, 1.54) is 30.4 Å². The van der Waals surface area contributed by atoms with Crippen LogP contribution in [0.2, 0.25) is 0 Å². The molecule has 2 aromatic rings. The van der Waals surface area contributed by atoms with Crippen LogP contribution in [-0.4, -0.2) is 6.61 Å². The zero-order chi connectivity index (χ0) is 14.7. The number of benzene rings is 2. The Kier molecular flexibility index (Phi) is 4.26. The molecule has 0 saturated heterocycles. The molecular weight excluding hydrogens is 258 g/mol. The second-order valence-electron chi connectivity index (χ2n) is 5.96. The van der Waals surface area contributed by atoms with Crippen molar-refractivity contribution >= 4 is 0 Å². The highest BCUT2D eigenvalue weighted by molar-refractivity contribution is 5.33. The van der Waals surface area contributed by atoms with Crippen LogP contribution in [0, 0.1) is 0 Å². The van der Waals surface area contributed by atoms with E-state index in [0.717, 1.165) is 17.9 Å². The molecule has 0 aromatic heterocycles. The van der Waals surface area contributed by atoms with Crippen molar-refractivity contribution in [2.24, 2.45) is 5.73 Å². The van der Waals surface area contributed by atoms with Crippen molar-refractivity contribution < 1.29 is 4.74 Å². The quantitative estimate of drug-likeness (QED) is 0.911. The van der Waals surface area contributed by atoms with E-state index in [1.54, 1.807) is 0 Å². The molecule has 1 aliphatic rings. The van der Waals surface area contributed by atoms with Crippen LogP contribution in [0.5, 0.6) is 5.75 Å². The Balaban J connectivity index is 1.66. The topological polar surface area (TPSA) is 35.2 Å². The molecule has 3 rings (SSSR count). The number of hydrogen-bond donors (Lipinski definition) is 1. The SMILES string of the molecule is C[C@@H](N)c1ccc(OCC2CCCc3ccccc32)cc1. The van der Waals surface area contributed by atoms with Crippen LogP contribution in [-0.2, 0) is 6.42 Å². The smallest absolute Gasteiger partial charge is 0.119 e. The van der Waals surface area contributed by atoms with Crippen molar-refractivity contribution in [2.75, 3.05) is 6.61 Å². The van der Waals surface area contributed by atoms with E-state index in [1.807, 2.05) is 19.1 Å². The minimum Gasteiger partial charge on any atom is -0.493 e. The third-order valence-electron chi connectivity index (χ3n) is 4.35. The average Bonchev–Trinajstić information content (AvgIpc) is 2.53. The summed E-state index contributed by atoms with van der Waals surface area (Å²) in [6.07, 6.45) is 3.68. The summed E-state index contributed by atoms with van der Waals surface area (Å²) in [5, 5.41) is 0. The zero-order valence-electron chi connectivity index (χ0n) is 12.6. The number of hydrogen-bond acceptors (Lipinski definition) is 2. The Morgan fingerprint density at radius 3 is 2.67 bits per heavy atom. The van der Waals surface area contributed by atoms with Gasteiger partial charge in [-0.25, -0.2) is 0 Å². The fourth-order valence-electron chi connectivity index (χ4n) is 3.09. The third-order valence-corrected chi connectivity index (χ3v) is 4.35. The molecular formula is C19H23NO. The first-order valence-electron chi connectivity index (χ1n) is 7.80. The van der Waals surface area contributed by atoms with Gasteiger partial charge in [0, 0.05) is 12.0 Å². The molecule has 0 spiro atoms. The molecule has 0 fully saturated rings. The number of ether oxygens (including phenoxy) is 1. The molecule has 0 amide bonds. The van der Waals surface area contributed by atoms with Crippen molar-refractivity contribution in [2.45, 2.75) is 38.1 Å². The van der Waals surface area contributed by atoms with Gasteiger partial charge in [-0.3, -0.25) is 0 Å². The number of fused-ring (bicyclic) bond motifs is 1. The van der Waals surface area contributed by atoms with E-state index >= 15 is 0 Å². The normalized spacial score (nSPS) is 18.9. The van der Waals surface area contributed by atoms with Crippen LogP contribution in [0.4, 0.5) is 0 Å². The van der Waals surface area contributed by atoms with E-state index in [2.05, 4.69) is 36.4 Å². The summed E-state index contributed by atoms with van der Waals surface area (Å²) in [6, 6.07) is 17.0. The summed E-state index contributed by atoms with van der Waals surface area (Å²) in [5.74, 6) is 1.45. The first-order valence-corrected chi connectivity index (χ1v) is 7.80. The molecule has 2 aromatic carbocycles. The Morgan fingerprint density at radius 1 is 1.14 bits per heavy atom. The second-order valence-corrected chi connectivity index (χ2v) is 5.96. The Labute approximate surface area is 126 Å². The lowest BCUT2D eigenvalue weighted by Gasteiger charge is -2.25. The largest absolute Gasteiger partial charge is 0.493 e. The van der Waals surface area contributed by atoms with Gasteiger partial charge in [-0.05, 0) is 55.0 Å². The molecule has 1 unspecified atom stereocenters.